The van der Waals surface area contributed by atoms with Crippen LogP contribution < -0.4 is 10.2 Å². The molecule has 2 aromatic rings. The number of aromatic nitrogens is 1. The summed E-state index contributed by atoms with van der Waals surface area (Å²) < 4.78 is 1.91. The fraction of sp³-hybridized carbons (Fsp3) is 0.318. The fourth-order valence-electron chi connectivity index (χ4n) is 3.97. The number of carbonyl (C=O) groups excluding carboxylic acids is 3. The van der Waals surface area contributed by atoms with Crippen LogP contribution in [-0.4, -0.2) is 47.4 Å². The normalized spacial score (nSPS) is 19.2. The first kappa shape index (κ1) is 19.0. The lowest BCUT2D eigenvalue weighted by Crippen LogP contribution is -2.57. The quantitative estimate of drug-likeness (QED) is 0.641. The van der Waals surface area contributed by atoms with Crippen LogP contribution in [0.15, 0.2) is 48.2 Å². The van der Waals surface area contributed by atoms with Crippen LogP contribution in [0.2, 0.25) is 0 Å². The van der Waals surface area contributed by atoms with Gasteiger partial charge in [0.2, 0.25) is 0 Å². The number of imide groups is 2. The predicted molar refractivity (Wildman–Crippen MR) is 111 cm³/mol. The number of anilines is 1. The topological polar surface area (TPSA) is 74.7 Å². The number of hydrogen-bond donors (Lipinski definition) is 1. The van der Waals surface area contributed by atoms with Crippen molar-refractivity contribution < 1.29 is 14.4 Å². The van der Waals surface area contributed by atoms with Crippen LogP contribution in [0.3, 0.4) is 0 Å². The van der Waals surface area contributed by atoms with Crippen LogP contribution in [0.1, 0.15) is 31.4 Å². The van der Waals surface area contributed by atoms with Gasteiger partial charge in [-0.15, -0.1) is 0 Å². The van der Waals surface area contributed by atoms with Gasteiger partial charge in [0, 0.05) is 43.4 Å². The molecule has 1 aromatic heterocycles. The summed E-state index contributed by atoms with van der Waals surface area (Å²) in [6.45, 7) is 0. The van der Waals surface area contributed by atoms with Crippen molar-refractivity contribution in [3.63, 3.8) is 0 Å². The Bertz CT molecular complexity index is 982. The van der Waals surface area contributed by atoms with E-state index in [9.17, 15) is 14.4 Å². The lowest BCUT2D eigenvalue weighted by molar-refractivity contribution is -0.131. The molecule has 0 bridgehead atoms. The Morgan fingerprint density at radius 1 is 1.03 bits per heavy atom. The lowest BCUT2D eigenvalue weighted by atomic mass is 10.1. The van der Waals surface area contributed by atoms with E-state index in [1.165, 1.54) is 4.90 Å². The molecule has 1 saturated heterocycles. The van der Waals surface area contributed by atoms with E-state index in [0.717, 1.165) is 37.1 Å². The molecule has 1 aliphatic heterocycles. The van der Waals surface area contributed by atoms with Gasteiger partial charge < -0.3 is 9.47 Å². The SMILES string of the molecule is CN(C)c1ccc(-n2cccc2/C=C2\C(=O)NC(=O)N(C3CCCC3)C2=O)cc1. The van der Waals surface area contributed by atoms with Crippen molar-refractivity contribution in [2.24, 2.45) is 0 Å². The summed E-state index contributed by atoms with van der Waals surface area (Å²) in [4.78, 5) is 40.9. The summed E-state index contributed by atoms with van der Waals surface area (Å²) in [5, 5.41) is 2.32. The molecule has 4 amide bonds. The van der Waals surface area contributed by atoms with Gasteiger partial charge in [-0.2, -0.15) is 0 Å². The molecule has 2 fully saturated rings. The number of amides is 4. The molecule has 0 atom stereocenters. The van der Waals surface area contributed by atoms with E-state index >= 15 is 0 Å². The highest BCUT2D eigenvalue weighted by molar-refractivity contribution is 6.31. The first-order valence-electron chi connectivity index (χ1n) is 9.81. The van der Waals surface area contributed by atoms with E-state index in [1.54, 1.807) is 6.08 Å². The zero-order valence-corrected chi connectivity index (χ0v) is 16.6. The van der Waals surface area contributed by atoms with Gasteiger partial charge in [0.15, 0.2) is 0 Å². The smallest absolute Gasteiger partial charge is 0.331 e. The van der Waals surface area contributed by atoms with Crippen LogP contribution in [-0.2, 0) is 9.59 Å². The van der Waals surface area contributed by atoms with E-state index in [1.807, 2.05) is 66.2 Å². The predicted octanol–water partition coefficient (Wildman–Crippen LogP) is 2.95. The molecule has 29 heavy (non-hydrogen) atoms. The molecule has 4 rings (SSSR count). The van der Waals surface area contributed by atoms with Crippen molar-refractivity contribution >= 4 is 29.6 Å². The molecule has 7 nitrogen and oxygen atoms in total. The van der Waals surface area contributed by atoms with E-state index in [2.05, 4.69) is 5.32 Å². The van der Waals surface area contributed by atoms with Crippen LogP contribution >= 0.6 is 0 Å². The van der Waals surface area contributed by atoms with E-state index in [-0.39, 0.29) is 11.6 Å². The maximum absolute atomic E-state index is 13.0. The Kier molecular flexibility index (Phi) is 4.96. The van der Waals surface area contributed by atoms with E-state index in [0.29, 0.717) is 5.69 Å². The van der Waals surface area contributed by atoms with Crippen molar-refractivity contribution in [2.45, 2.75) is 31.7 Å². The Hall–Kier alpha value is -3.35. The molecule has 1 N–H and O–H groups in total. The molecular weight excluding hydrogens is 368 g/mol. The summed E-state index contributed by atoms with van der Waals surface area (Å²) in [7, 11) is 3.95. The largest absolute Gasteiger partial charge is 0.378 e. The average Bonchev–Trinajstić information content (AvgIpc) is 3.37. The number of carbonyl (C=O) groups is 3. The molecular formula is C22H24N4O3. The van der Waals surface area contributed by atoms with Crippen LogP contribution in [0.4, 0.5) is 10.5 Å². The third-order valence-corrected chi connectivity index (χ3v) is 5.54. The van der Waals surface area contributed by atoms with E-state index in [4.69, 9.17) is 0 Å². The maximum Gasteiger partial charge on any atom is 0.331 e. The first-order valence-corrected chi connectivity index (χ1v) is 9.81. The van der Waals surface area contributed by atoms with Crippen molar-refractivity contribution in [1.82, 2.24) is 14.8 Å². The second-order valence-corrected chi connectivity index (χ2v) is 7.64. The standard InChI is InChI=1S/C22H24N4O3/c1-24(2)15-9-11-16(12-10-15)25-13-5-8-18(25)14-19-20(27)23-22(29)26(21(19)28)17-6-3-4-7-17/h5,8-14,17H,3-4,6-7H2,1-2H3,(H,23,27,29)/b19-14+. The van der Waals surface area contributed by atoms with Gasteiger partial charge >= 0.3 is 6.03 Å². The second-order valence-electron chi connectivity index (χ2n) is 7.64. The minimum absolute atomic E-state index is 0.0126. The molecule has 0 spiro atoms. The number of benzene rings is 1. The molecule has 2 heterocycles. The number of hydrogen-bond acceptors (Lipinski definition) is 4. The molecule has 0 radical (unpaired) electrons. The van der Waals surface area contributed by atoms with Crippen LogP contribution in [0.25, 0.3) is 11.8 Å². The molecule has 0 unspecified atom stereocenters. The summed E-state index contributed by atoms with van der Waals surface area (Å²) in [6.07, 6.45) is 6.99. The van der Waals surface area contributed by atoms with Gasteiger partial charge in [0.25, 0.3) is 11.8 Å². The second kappa shape index (κ2) is 7.58. The Morgan fingerprint density at radius 3 is 2.38 bits per heavy atom. The highest BCUT2D eigenvalue weighted by Gasteiger charge is 2.40. The number of nitrogens with zero attached hydrogens (tertiary/aromatic N) is 3. The number of urea groups is 1. The Balaban J connectivity index is 1.67. The number of rotatable bonds is 4. The van der Waals surface area contributed by atoms with Gasteiger partial charge in [0.1, 0.15) is 5.57 Å². The molecule has 150 valence electrons. The van der Waals surface area contributed by atoms with Gasteiger partial charge in [0.05, 0.1) is 0 Å². The van der Waals surface area contributed by atoms with Crippen molar-refractivity contribution in [3.05, 3.63) is 53.9 Å². The van der Waals surface area contributed by atoms with Crippen molar-refractivity contribution in [3.8, 4) is 5.69 Å². The minimum Gasteiger partial charge on any atom is -0.378 e. The molecule has 1 saturated carbocycles. The molecule has 2 aliphatic rings. The Labute approximate surface area is 169 Å². The highest BCUT2D eigenvalue weighted by Crippen LogP contribution is 2.27. The average molecular weight is 392 g/mol. The van der Waals surface area contributed by atoms with Gasteiger partial charge in [-0.1, -0.05) is 12.8 Å². The van der Waals surface area contributed by atoms with Gasteiger partial charge in [-0.3, -0.25) is 19.8 Å². The zero-order chi connectivity index (χ0) is 20.5. The Morgan fingerprint density at radius 2 is 1.72 bits per heavy atom. The van der Waals surface area contributed by atoms with Crippen molar-refractivity contribution in [2.75, 3.05) is 19.0 Å². The van der Waals surface area contributed by atoms with Gasteiger partial charge in [-0.05, 0) is 55.3 Å². The summed E-state index contributed by atoms with van der Waals surface area (Å²) in [5.41, 5.74) is 2.68. The summed E-state index contributed by atoms with van der Waals surface area (Å²) >= 11 is 0. The summed E-state index contributed by atoms with van der Waals surface area (Å²) in [6, 6.07) is 10.9. The first-order chi connectivity index (χ1) is 14.0. The highest BCUT2D eigenvalue weighted by atomic mass is 16.2. The lowest BCUT2D eigenvalue weighted by Gasteiger charge is -2.31. The monoisotopic (exact) mass is 392 g/mol. The number of barbiturate groups is 1. The van der Waals surface area contributed by atoms with Crippen LogP contribution in [0, 0.1) is 0 Å². The zero-order valence-electron chi connectivity index (χ0n) is 16.6. The molecule has 1 aromatic carbocycles. The maximum atomic E-state index is 13.0. The summed E-state index contributed by atoms with van der Waals surface area (Å²) in [5.74, 6) is -1.16. The van der Waals surface area contributed by atoms with Gasteiger partial charge in [-0.25, -0.2) is 4.79 Å². The third-order valence-electron chi connectivity index (χ3n) is 5.54. The molecule has 7 heteroatoms. The number of nitrogens with one attached hydrogen (secondary N) is 1. The fourth-order valence-corrected chi connectivity index (χ4v) is 3.97. The molecule has 1 aliphatic carbocycles. The van der Waals surface area contributed by atoms with E-state index < -0.39 is 17.8 Å². The minimum atomic E-state index is -0.648. The van der Waals surface area contributed by atoms with Crippen LogP contribution in [0.5, 0.6) is 0 Å². The van der Waals surface area contributed by atoms with Crippen molar-refractivity contribution in [1.29, 1.82) is 0 Å². The third kappa shape index (κ3) is 3.55.